The number of nitrogens with zero attached hydrogens (tertiary/aromatic N) is 1. The van der Waals surface area contributed by atoms with E-state index in [0.29, 0.717) is 37.5 Å². The van der Waals surface area contributed by atoms with Crippen LogP contribution in [0, 0.1) is 0 Å². The number of nitrogens with one attached hydrogen (secondary N) is 1. The Morgan fingerprint density at radius 1 is 1.13 bits per heavy atom. The number of fused-ring (bicyclic) bond motifs is 1. The molecular weight excluding hydrogens is 394 g/mol. The highest BCUT2D eigenvalue weighted by molar-refractivity contribution is 5.81. The van der Waals surface area contributed by atoms with E-state index in [2.05, 4.69) is 5.32 Å². The monoisotopic (exact) mass is 423 g/mol. The van der Waals surface area contributed by atoms with Crippen LogP contribution in [0.2, 0.25) is 0 Å². The van der Waals surface area contributed by atoms with Crippen LogP contribution in [0.4, 0.5) is 0 Å². The lowest BCUT2D eigenvalue weighted by molar-refractivity contribution is -0.119. The van der Waals surface area contributed by atoms with Gasteiger partial charge in [-0.25, -0.2) is 0 Å². The molecule has 0 spiro atoms. The number of pyridine rings is 1. The molecule has 3 N–H and O–H groups in total. The minimum absolute atomic E-state index is 0.106. The molecule has 3 aromatic rings. The van der Waals surface area contributed by atoms with Gasteiger partial charge in [0, 0.05) is 37.9 Å². The maximum absolute atomic E-state index is 13.2. The minimum atomic E-state index is -0.525. The fraction of sp³-hybridized carbons (Fsp3) is 0.333. The second-order valence-corrected chi connectivity index (χ2v) is 7.32. The number of benzene rings is 2. The number of carbonyl (C=O) groups is 1. The molecule has 0 aliphatic rings. The molecule has 7 heteroatoms. The van der Waals surface area contributed by atoms with Crippen LogP contribution in [-0.4, -0.2) is 29.7 Å². The number of ether oxygens (including phenoxy) is 2. The third-order valence-corrected chi connectivity index (χ3v) is 5.02. The third-order valence-electron chi connectivity index (χ3n) is 5.02. The standard InChI is InChI=1S/C24H29N3O4/c1-3-30-13-7-12-27-22-15-21(31-20-8-5-4-6-9-20)11-10-18(22)14-19(24(27)29)16-26-17(2)23(25)28/h4-6,8-11,14-15,17,26H,3,7,12-13,16H2,1-2H3,(H2,25,28)/t17-/m0/s1. The van der Waals surface area contributed by atoms with Gasteiger partial charge in [0.05, 0.1) is 11.6 Å². The molecule has 164 valence electrons. The van der Waals surface area contributed by atoms with Crippen molar-refractivity contribution < 1.29 is 14.3 Å². The number of para-hydroxylation sites is 1. The molecule has 0 saturated heterocycles. The number of aromatic nitrogens is 1. The van der Waals surface area contributed by atoms with Gasteiger partial charge in [-0.15, -0.1) is 0 Å². The summed E-state index contributed by atoms with van der Waals surface area (Å²) in [6, 6.07) is 16.5. The summed E-state index contributed by atoms with van der Waals surface area (Å²) in [4.78, 5) is 24.5. The van der Waals surface area contributed by atoms with E-state index in [1.165, 1.54) is 0 Å². The van der Waals surface area contributed by atoms with Crippen molar-refractivity contribution in [2.45, 2.75) is 39.4 Å². The minimum Gasteiger partial charge on any atom is -0.457 e. The van der Waals surface area contributed by atoms with E-state index < -0.39 is 11.9 Å². The molecule has 1 atom stereocenters. The Kier molecular flexibility index (Phi) is 7.81. The molecular formula is C24H29N3O4. The quantitative estimate of drug-likeness (QED) is 0.462. The summed E-state index contributed by atoms with van der Waals surface area (Å²) in [7, 11) is 0. The van der Waals surface area contributed by atoms with Crippen molar-refractivity contribution in [1.29, 1.82) is 0 Å². The Balaban J connectivity index is 1.95. The highest BCUT2D eigenvalue weighted by Gasteiger charge is 2.13. The fourth-order valence-electron chi connectivity index (χ4n) is 3.28. The maximum atomic E-state index is 13.2. The Labute approximate surface area is 181 Å². The highest BCUT2D eigenvalue weighted by Crippen LogP contribution is 2.25. The Hall–Kier alpha value is -3.16. The van der Waals surface area contributed by atoms with Crippen LogP contribution in [0.3, 0.4) is 0 Å². The molecule has 0 saturated carbocycles. The van der Waals surface area contributed by atoms with Crippen LogP contribution in [0.15, 0.2) is 59.4 Å². The smallest absolute Gasteiger partial charge is 0.255 e. The molecule has 31 heavy (non-hydrogen) atoms. The van der Waals surface area contributed by atoms with Gasteiger partial charge >= 0.3 is 0 Å². The third kappa shape index (κ3) is 5.93. The largest absolute Gasteiger partial charge is 0.457 e. The van der Waals surface area contributed by atoms with Gasteiger partial charge in [-0.3, -0.25) is 9.59 Å². The van der Waals surface area contributed by atoms with Crippen molar-refractivity contribution in [3.63, 3.8) is 0 Å². The van der Waals surface area contributed by atoms with Crippen molar-refractivity contribution >= 4 is 16.8 Å². The lowest BCUT2D eigenvalue weighted by Crippen LogP contribution is -2.39. The first-order valence-electron chi connectivity index (χ1n) is 10.5. The number of hydrogen-bond donors (Lipinski definition) is 2. The normalized spacial score (nSPS) is 12.1. The molecule has 2 aromatic carbocycles. The molecule has 0 bridgehead atoms. The molecule has 1 aromatic heterocycles. The summed E-state index contributed by atoms with van der Waals surface area (Å²) in [6.45, 7) is 5.61. The molecule has 0 aliphatic heterocycles. The molecule has 0 fully saturated rings. The first kappa shape index (κ1) is 22.5. The zero-order valence-electron chi connectivity index (χ0n) is 18.0. The van der Waals surface area contributed by atoms with E-state index >= 15 is 0 Å². The molecule has 1 heterocycles. The summed E-state index contributed by atoms with van der Waals surface area (Å²) >= 11 is 0. The van der Waals surface area contributed by atoms with Gasteiger partial charge in [0.2, 0.25) is 5.91 Å². The Bertz CT molecular complexity index is 1080. The SMILES string of the molecule is CCOCCCn1c(=O)c(CN[C@@H](C)C(N)=O)cc2ccc(Oc3ccccc3)cc21. The van der Waals surface area contributed by atoms with E-state index in [9.17, 15) is 9.59 Å². The average molecular weight is 424 g/mol. The predicted molar refractivity (Wildman–Crippen MR) is 121 cm³/mol. The van der Waals surface area contributed by atoms with Gasteiger partial charge in [-0.05, 0) is 56.0 Å². The lowest BCUT2D eigenvalue weighted by atomic mass is 10.1. The van der Waals surface area contributed by atoms with Crippen LogP contribution in [0.5, 0.6) is 11.5 Å². The zero-order chi connectivity index (χ0) is 22.2. The van der Waals surface area contributed by atoms with Crippen molar-refractivity contribution in [2.75, 3.05) is 13.2 Å². The van der Waals surface area contributed by atoms with E-state index in [4.69, 9.17) is 15.2 Å². The summed E-state index contributed by atoms with van der Waals surface area (Å²) in [5.74, 6) is 0.929. The average Bonchev–Trinajstić information content (AvgIpc) is 2.77. The Morgan fingerprint density at radius 2 is 1.90 bits per heavy atom. The van der Waals surface area contributed by atoms with Gasteiger partial charge in [0.1, 0.15) is 11.5 Å². The number of aryl methyl sites for hydroxylation is 1. The van der Waals surface area contributed by atoms with Crippen LogP contribution in [0.1, 0.15) is 25.8 Å². The van der Waals surface area contributed by atoms with Crippen molar-refractivity contribution in [1.82, 2.24) is 9.88 Å². The second-order valence-electron chi connectivity index (χ2n) is 7.32. The topological polar surface area (TPSA) is 95.6 Å². The van der Waals surface area contributed by atoms with Crippen LogP contribution < -0.4 is 21.3 Å². The first-order chi connectivity index (χ1) is 15.0. The molecule has 7 nitrogen and oxygen atoms in total. The molecule has 0 radical (unpaired) electrons. The van der Waals surface area contributed by atoms with Crippen LogP contribution in [-0.2, 0) is 22.6 Å². The number of carbonyl (C=O) groups excluding carboxylic acids is 1. The second kappa shape index (κ2) is 10.7. The first-order valence-corrected chi connectivity index (χ1v) is 10.5. The van der Waals surface area contributed by atoms with E-state index in [1.807, 2.05) is 61.5 Å². The Morgan fingerprint density at radius 3 is 2.61 bits per heavy atom. The van der Waals surface area contributed by atoms with E-state index in [-0.39, 0.29) is 12.1 Å². The molecule has 0 aliphatic carbocycles. The van der Waals surface area contributed by atoms with E-state index in [1.54, 1.807) is 11.5 Å². The lowest BCUT2D eigenvalue weighted by Gasteiger charge is -2.16. The van der Waals surface area contributed by atoms with Gasteiger partial charge in [-0.1, -0.05) is 18.2 Å². The predicted octanol–water partition coefficient (Wildman–Crippen LogP) is 3.18. The van der Waals surface area contributed by atoms with Gasteiger partial charge in [0.15, 0.2) is 0 Å². The maximum Gasteiger partial charge on any atom is 0.255 e. The molecule has 0 unspecified atom stereocenters. The zero-order valence-corrected chi connectivity index (χ0v) is 18.0. The summed E-state index contributed by atoms with van der Waals surface area (Å²) in [5.41, 5.74) is 6.58. The van der Waals surface area contributed by atoms with E-state index in [0.717, 1.165) is 16.7 Å². The number of rotatable bonds is 11. The molecule has 1 amide bonds. The fourth-order valence-corrected chi connectivity index (χ4v) is 3.28. The van der Waals surface area contributed by atoms with Gasteiger partial charge in [-0.2, -0.15) is 0 Å². The summed E-state index contributed by atoms with van der Waals surface area (Å²) in [5, 5.41) is 3.93. The van der Waals surface area contributed by atoms with Crippen LogP contribution in [0.25, 0.3) is 10.9 Å². The number of hydrogen-bond acceptors (Lipinski definition) is 5. The number of primary amides is 1. The summed E-state index contributed by atoms with van der Waals surface area (Å²) < 4.78 is 13.1. The van der Waals surface area contributed by atoms with Crippen molar-refractivity contribution in [3.05, 3.63) is 70.5 Å². The highest BCUT2D eigenvalue weighted by atomic mass is 16.5. The van der Waals surface area contributed by atoms with Crippen LogP contribution >= 0.6 is 0 Å². The molecule has 3 rings (SSSR count). The van der Waals surface area contributed by atoms with Crippen molar-refractivity contribution in [2.24, 2.45) is 5.73 Å². The van der Waals surface area contributed by atoms with Gasteiger partial charge in [0.25, 0.3) is 5.56 Å². The van der Waals surface area contributed by atoms with Gasteiger partial charge < -0.3 is 25.1 Å². The van der Waals surface area contributed by atoms with Crippen molar-refractivity contribution in [3.8, 4) is 11.5 Å². The number of amides is 1. The summed E-state index contributed by atoms with van der Waals surface area (Å²) in [6.07, 6.45) is 0.710. The number of nitrogens with two attached hydrogens (primary N) is 1.